The molecule has 2 N–H and O–H groups in total. The SMILES string of the molecule is Cc1ncc2n1C(=O)N(N1CCN(C(=O)C(NC(=O)Nc3ccc(Cl)cc3)C3CCOCC3)CC1)C2. The van der Waals surface area contributed by atoms with Gasteiger partial charge in [-0.05, 0) is 49.9 Å². The van der Waals surface area contributed by atoms with Crippen LogP contribution in [0, 0.1) is 12.8 Å². The second-order valence-electron chi connectivity index (χ2n) is 9.28. The van der Waals surface area contributed by atoms with Crippen molar-refractivity contribution >= 4 is 35.3 Å². The summed E-state index contributed by atoms with van der Waals surface area (Å²) in [6, 6.07) is 5.60. The molecule has 2 saturated heterocycles. The predicted molar refractivity (Wildman–Crippen MR) is 132 cm³/mol. The van der Waals surface area contributed by atoms with E-state index in [1.165, 1.54) is 0 Å². The molecule has 11 nitrogen and oxygen atoms in total. The van der Waals surface area contributed by atoms with Gasteiger partial charge in [-0.1, -0.05) is 11.6 Å². The highest BCUT2D eigenvalue weighted by Gasteiger charge is 2.38. The molecular formula is C24H30ClN7O4. The molecule has 3 aliphatic rings. The normalized spacial score (nSPS) is 19.8. The smallest absolute Gasteiger partial charge is 0.344 e. The highest BCUT2D eigenvalue weighted by Crippen LogP contribution is 2.24. The van der Waals surface area contributed by atoms with Crippen LogP contribution in [-0.2, 0) is 16.1 Å². The number of imidazole rings is 1. The molecule has 4 amide bonds. The number of hydrogen-bond donors (Lipinski definition) is 2. The summed E-state index contributed by atoms with van der Waals surface area (Å²) in [6.07, 6.45) is 3.13. The highest BCUT2D eigenvalue weighted by atomic mass is 35.5. The number of nitrogens with zero attached hydrogens (tertiary/aromatic N) is 5. The fourth-order valence-corrected chi connectivity index (χ4v) is 5.17. The summed E-state index contributed by atoms with van der Waals surface area (Å²) in [4.78, 5) is 45.3. The van der Waals surface area contributed by atoms with Gasteiger partial charge in [0, 0.05) is 50.1 Å². The van der Waals surface area contributed by atoms with Gasteiger partial charge in [-0.15, -0.1) is 0 Å². The first-order valence-electron chi connectivity index (χ1n) is 12.2. The van der Waals surface area contributed by atoms with Crippen molar-refractivity contribution < 1.29 is 19.1 Å². The van der Waals surface area contributed by atoms with Gasteiger partial charge in [0.1, 0.15) is 11.9 Å². The van der Waals surface area contributed by atoms with E-state index in [4.69, 9.17) is 16.3 Å². The Morgan fingerprint density at radius 2 is 1.81 bits per heavy atom. The number of carbonyl (C=O) groups is 3. The standard InChI is InChI=1S/C24H30ClN7O4/c1-16-26-14-20-15-31(24(35)32(16)20)30-10-8-29(9-11-30)22(33)21(17-6-12-36-13-7-17)28-23(34)27-19-4-2-18(25)3-5-19/h2-5,14,17,21H,6-13,15H2,1H3,(H2,27,28,34). The van der Waals surface area contributed by atoms with Crippen LogP contribution >= 0.6 is 11.6 Å². The second kappa shape index (κ2) is 10.5. The minimum Gasteiger partial charge on any atom is -0.381 e. The number of benzene rings is 1. The van der Waals surface area contributed by atoms with Crippen molar-refractivity contribution in [3.8, 4) is 0 Å². The Hall–Kier alpha value is -3.15. The molecule has 1 unspecified atom stereocenters. The van der Waals surface area contributed by atoms with Crippen molar-refractivity contribution in [1.82, 2.24) is 29.8 Å². The first-order chi connectivity index (χ1) is 17.4. The average molecular weight is 516 g/mol. The van der Waals surface area contributed by atoms with Crippen molar-refractivity contribution in [3.05, 3.63) is 47.0 Å². The number of ether oxygens (including phenoxy) is 1. The lowest BCUT2D eigenvalue weighted by Crippen LogP contribution is -2.60. The molecule has 0 aliphatic carbocycles. The van der Waals surface area contributed by atoms with Crippen LogP contribution in [0.3, 0.4) is 0 Å². The summed E-state index contributed by atoms with van der Waals surface area (Å²) in [7, 11) is 0. The van der Waals surface area contributed by atoms with E-state index in [0.717, 1.165) is 5.69 Å². The van der Waals surface area contributed by atoms with Crippen LogP contribution in [0.25, 0.3) is 0 Å². The minimum atomic E-state index is -0.657. The first-order valence-corrected chi connectivity index (χ1v) is 12.6. The third kappa shape index (κ3) is 5.04. The van der Waals surface area contributed by atoms with Gasteiger partial charge in [0.2, 0.25) is 5.91 Å². The topological polar surface area (TPSA) is 112 Å². The van der Waals surface area contributed by atoms with Gasteiger partial charge < -0.3 is 20.3 Å². The lowest BCUT2D eigenvalue weighted by atomic mass is 9.90. The zero-order valence-corrected chi connectivity index (χ0v) is 20.9. The molecule has 0 saturated carbocycles. The summed E-state index contributed by atoms with van der Waals surface area (Å²) in [5.41, 5.74) is 1.46. The van der Waals surface area contributed by atoms with Crippen LogP contribution in [0.15, 0.2) is 30.5 Å². The molecule has 12 heteroatoms. The van der Waals surface area contributed by atoms with E-state index in [-0.39, 0.29) is 17.9 Å². The number of anilines is 1. The van der Waals surface area contributed by atoms with Crippen LogP contribution in [0.4, 0.5) is 15.3 Å². The number of carbonyl (C=O) groups excluding carboxylic acids is 3. The summed E-state index contributed by atoms with van der Waals surface area (Å²) in [5.74, 6) is 0.558. The lowest BCUT2D eigenvalue weighted by Gasteiger charge is -2.41. The quantitative estimate of drug-likeness (QED) is 0.632. The second-order valence-corrected chi connectivity index (χ2v) is 9.72. The minimum absolute atomic E-state index is 0.0122. The van der Waals surface area contributed by atoms with Gasteiger partial charge in [-0.2, -0.15) is 0 Å². The van der Waals surface area contributed by atoms with Crippen LogP contribution in [0.5, 0.6) is 0 Å². The summed E-state index contributed by atoms with van der Waals surface area (Å²) in [6.45, 7) is 5.42. The van der Waals surface area contributed by atoms with Gasteiger partial charge in [-0.25, -0.2) is 24.1 Å². The Morgan fingerprint density at radius 1 is 1.11 bits per heavy atom. The number of amides is 4. The molecule has 0 spiro atoms. The Labute approximate surface area is 214 Å². The molecule has 0 bridgehead atoms. The molecule has 0 radical (unpaired) electrons. The van der Waals surface area contributed by atoms with Gasteiger partial charge >= 0.3 is 12.1 Å². The van der Waals surface area contributed by atoms with Crippen molar-refractivity contribution in [2.75, 3.05) is 44.7 Å². The Morgan fingerprint density at radius 3 is 2.47 bits per heavy atom. The van der Waals surface area contributed by atoms with E-state index in [9.17, 15) is 14.4 Å². The first kappa shape index (κ1) is 24.5. The largest absolute Gasteiger partial charge is 0.381 e. The van der Waals surface area contributed by atoms with E-state index in [2.05, 4.69) is 15.6 Å². The summed E-state index contributed by atoms with van der Waals surface area (Å²) < 4.78 is 7.11. The number of nitrogens with one attached hydrogen (secondary N) is 2. The lowest BCUT2D eigenvalue weighted by molar-refractivity contribution is -0.139. The Kier molecular flexibility index (Phi) is 7.13. The molecule has 36 heavy (non-hydrogen) atoms. The van der Waals surface area contributed by atoms with E-state index in [1.807, 2.05) is 11.9 Å². The number of piperazine rings is 1. The monoisotopic (exact) mass is 515 g/mol. The molecule has 1 aromatic carbocycles. The number of urea groups is 1. The highest BCUT2D eigenvalue weighted by molar-refractivity contribution is 6.30. The third-order valence-corrected chi connectivity index (χ3v) is 7.29. The number of fused-ring (bicyclic) bond motifs is 1. The molecule has 1 atom stereocenters. The number of halogens is 1. The zero-order chi connectivity index (χ0) is 25.2. The van der Waals surface area contributed by atoms with Crippen LogP contribution in [0.2, 0.25) is 5.02 Å². The average Bonchev–Trinajstić information content (AvgIpc) is 3.43. The summed E-state index contributed by atoms with van der Waals surface area (Å²) in [5, 5.41) is 9.99. The Balaban J connectivity index is 1.21. The maximum absolute atomic E-state index is 13.6. The van der Waals surface area contributed by atoms with Gasteiger partial charge in [-0.3, -0.25) is 9.80 Å². The van der Waals surface area contributed by atoms with Crippen LogP contribution in [0.1, 0.15) is 24.4 Å². The number of rotatable bonds is 5. The molecule has 1 aromatic heterocycles. The van der Waals surface area contributed by atoms with Crippen molar-refractivity contribution in [2.24, 2.45) is 5.92 Å². The third-order valence-electron chi connectivity index (χ3n) is 7.04. The van der Waals surface area contributed by atoms with E-state index >= 15 is 0 Å². The van der Waals surface area contributed by atoms with E-state index in [0.29, 0.717) is 75.3 Å². The molecular weight excluding hydrogens is 486 g/mol. The molecule has 5 rings (SSSR count). The number of aryl methyl sites for hydroxylation is 1. The summed E-state index contributed by atoms with van der Waals surface area (Å²) >= 11 is 5.93. The van der Waals surface area contributed by atoms with Crippen molar-refractivity contribution in [1.29, 1.82) is 0 Å². The van der Waals surface area contributed by atoms with Crippen LogP contribution in [-0.4, -0.2) is 87.9 Å². The predicted octanol–water partition coefficient (Wildman–Crippen LogP) is 2.30. The maximum Gasteiger partial charge on any atom is 0.344 e. The number of hydrazine groups is 1. The maximum atomic E-state index is 13.6. The number of hydrogen-bond acceptors (Lipinski definition) is 6. The van der Waals surface area contributed by atoms with Gasteiger partial charge in [0.05, 0.1) is 18.4 Å². The molecule has 3 aliphatic heterocycles. The zero-order valence-electron chi connectivity index (χ0n) is 20.2. The molecule has 2 aromatic rings. The van der Waals surface area contributed by atoms with E-state index < -0.39 is 12.1 Å². The molecule has 192 valence electrons. The van der Waals surface area contributed by atoms with Crippen molar-refractivity contribution in [2.45, 2.75) is 32.4 Å². The van der Waals surface area contributed by atoms with E-state index in [1.54, 1.807) is 44.9 Å². The van der Waals surface area contributed by atoms with Gasteiger partial charge in [0.15, 0.2) is 0 Å². The Bertz CT molecular complexity index is 1120. The van der Waals surface area contributed by atoms with Crippen molar-refractivity contribution in [3.63, 3.8) is 0 Å². The molecule has 2 fully saturated rings. The fourth-order valence-electron chi connectivity index (χ4n) is 5.05. The fraction of sp³-hybridized carbons (Fsp3) is 0.500. The van der Waals surface area contributed by atoms with Gasteiger partial charge in [0.25, 0.3) is 0 Å². The molecule has 4 heterocycles. The number of aromatic nitrogens is 2. The van der Waals surface area contributed by atoms with Crippen LogP contribution < -0.4 is 10.6 Å².